The minimum Gasteiger partial charge on any atom is -0.370 e. The van der Waals surface area contributed by atoms with Crippen LogP contribution in [0.2, 0.25) is 0 Å². The van der Waals surface area contributed by atoms with Crippen LogP contribution >= 0.6 is 0 Å². The Morgan fingerprint density at radius 1 is 1.11 bits per heavy atom. The van der Waals surface area contributed by atoms with Crippen molar-refractivity contribution in [1.29, 1.82) is 0 Å². The van der Waals surface area contributed by atoms with E-state index in [1.807, 2.05) is 44.2 Å². The van der Waals surface area contributed by atoms with Crippen LogP contribution < -0.4 is 16.0 Å². The number of nitrogens with zero attached hydrogens (tertiary/aromatic N) is 3. The summed E-state index contributed by atoms with van der Waals surface area (Å²) in [6.45, 7) is 4.66. The Balaban J connectivity index is 1.40. The maximum atomic E-state index is 12.3. The molecule has 2 aromatic heterocycles. The van der Waals surface area contributed by atoms with Crippen LogP contribution in [0.25, 0.3) is 0 Å². The predicted molar refractivity (Wildman–Crippen MR) is 107 cm³/mol. The molecule has 1 amide bonds. The summed E-state index contributed by atoms with van der Waals surface area (Å²) in [5, 5.41) is 13.1. The van der Waals surface area contributed by atoms with Crippen LogP contribution in [-0.2, 0) is 0 Å². The van der Waals surface area contributed by atoms with Crippen LogP contribution in [0.4, 0.5) is 23.0 Å². The van der Waals surface area contributed by atoms with Gasteiger partial charge in [-0.05, 0) is 51.0 Å². The predicted octanol–water partition coefficient (Wildman–Crippen LogP) is 4.08. The molecule has 28 heavy (non-hydrogen) atoms. The van der Waals surface area contributed by atoms with Crippen molar-refractivity contribution in [2.45, 2.75) is 32.6 Å². The van der Waals surface area contributed by atoms with E-state index >= 15 is 0 Å². The SMILES string of the molecule is CCNc1cc(Nc2ccc(NC(=O)c3cc(C4CC4)on3)cc2)nc(C)n1. The molecule has 1 aromatic carbocycles. The lowest BCUT2D eigenvalue weighted by Crippen LogP contribution is -2.12. The minimum absolute atomic E-state index is 0.280. The van der Waals surface area contributed by atoms with E-state index in [0.717, 1.165) is 36.7 Å². The van der Waals surface area contributed by atoms with Gasteiger partial charge in [0.25, 0.3) is 5.91 Å². The van der Waals surface area contributed by atoms with E-state index in [-0.39, 0.29) is 5.91 Å². The summed E-state index contributed by atoms with van der Waals surface area (Å²) in [5.41, 5.74) is 1.84. The minimum atomic E-state index is -0.280. The average Bonchev–Trinajstić information content (AvgIpc) is 3.40. The van der Waals surface area contributed by atoms with Crippen molar-refractivity contribution < 1.29 is 9.32 Å². The molecule has 3 N–H and O–H groups in total. The first-order valence-corrected chi connectivity index (χ1v) is 9.35. The van der Waals surface area contributed by atoms with Crippen LogP contribution in [0.3, 0.4) is 0 Å². The summed E-state index contributed by atoms with van der Waals surface area (Å²) < 4.78 is 5.23. The smallest absolute Gasteiger partial charge is 0.277 e. The molecule has 4 rings (SSSR count). The van der Waals surface area contributed by atoms with Crippen LogP contribution in [0, 0.1) is 6.92 Å². The molecule has 3 aromatic rings. The maximum absolute atomic E-state index is 12.3. The molecule has 1 fully saturated rings. The summed E-state index contributed by atoms with van der Waals surface area (Å²) in [6.07, 6.45) is 2.21. The van der Waals surface area contributed by atoms with Gasteiger partial charge in [-0.15, -0.1) is 0 Å². The molecule has 1 saturated carbocycles. The number of nitrogens with one attached hydrogen (secondary N) is 3. The highest BCUT2D eigenvalue weighted by molar-refractivity contribution is 6.02. The van der Waals surface area contributed by atoms with Gasteiger partial charge in [-0.2, -0.15) is 0 Å². The van der Waals surface area contributed by atoms with Crippen molar-refractivity contribution in [3.8, 4) is 0 Å². The Labute approximate surface area is 162 Å². The zero-order valence-electron chi connectivity index (χ0n) is 15.8. The fourth-order valence-electron chi connectivity index (χ4n) is 2.84. The van der Waals surface area contributed by atoms with Gasteiger partial charge >= 0.3 is 0 Å². The van der Waals surface area contributed by atoms with Crippen LogP contribution in [-0.4, -0.2) is 27.6 Å². The zero-order valence-corrected chi connectivity index (χ0v) is 15.8. The largest absolute Gasteiger partial charge is 0.370 e. The standard InChI is InChI=1S/C20H22N6O2/c1-3-21-18-11-19(23-12(2)22-18)24-14-6-8-15(9-7-14)25-20(27)16-10-17(28-26-16)13-4-5-13/h6-11,13H,3-5H2,1-2H3,(H,25,27)(H2,21,22,23,24). The van der Waals surface area contributed by atoms with Crippen LogP contribution in [0.5, 0.6) is 0 Å². The molecule has 0 saturated heterocycles. The van der Waals surface area contributed by atoms with Gasteiger partial charge in [0.2, 0.25) is 0 Å². The normalized spacial score (nSPS) is 13.2. The van der Waals surface area contributed by atoms with Crippen LogP contribution in [0.15, 0.2) is 40.9 Å². The van der Waals surface area contributed by atoms with Gasteiger partial charge in [-0.3, -0.25) is 4.79 Å². The number of carbonyl (C=O) groups is 1. The van der Waals surface area contributed by atoms with E-state index in [2.05, 4.69) is 31.1 Å². The van der Waals surface area contributed by atoms with Crippen molar-refractivity contribution >= 4 is 28.9 Å². The zero-order chi connectivity index (χ0) is 19.5. The quantitative estimate of drug-likeness (QED) is 0.569. The van der Waals surface area contributed by atoms with Gasteiger partial charge in [0, 0.05) is 36.0 Å². The van der Waals surface area contributed by atoms with E-state index in [1.54, 1.807) is 6.07 Å². The van der Waals surface area contributed by atoms with Crippen molar-refractivity contribution in [3.05, 3.63) is 53.7 Å². The molecular weight excluding hydrogens is 356 g/mol. The molecule has 1 aliphatic rings. The summed E-state index contributed by atoms with van der Waals surface area (Å²) in [5.74, 6) is 3.11. The molecule has 8 heteroatoms. The maximum Gasteiger partial charge on any atom is 0.277 e. The number of aryl methyl sites for hydroxylation is 1. The number of anilines is 4. The molecule has 144 valence electrons. The van der Waals surface area contributed by atoms with E-state index in [0.29, 0.717) is 28.9 Å². The second kappa shape index (κ2) is 7.67. The van der Waals surface area contributed by atoms with E-state index in [9.17, 15) is 4.79 Å². The Morgan fingerprint density at radius 2 is 1.82 bits per heavy atom. The Morgan fingerprint density at radius 3 is 2.54 bits per heavy atom. The molecule has 1 aliphatic carbocycles. The fraction of sp³-hybridized carbons (Fsp3) is 0.300. The first kappa shape index (κ1) is 18.0. The molecule has 2 heterocycles. The third-order valence-corrected chi connectivity index (χ3v) is 4.35. The Hall–Kier alpha value is -3.42. The molecule has 0 radical (unpaired) electrons. The number of rotatable bonds is 7. The lowest BCUT2D eigenvalue weighted by Gasteiger charge is -2.10. The average molecular weight is 378 g/mol. The van der Waals surface area contributed by atoms with Gasteiger partial charge in [-0.25, -0.2) is 9.97 Å². The van der Waals surface area contributed by atoms with Gasteiger partial charge in [-0.1, -0.05) is 5.16 Å². The molecule has 0 bridgehead atoms. The molecule has 0 unspecified atom stereocenters. The highest BCUT2D eigenvalue weighted by Crippen LogP contribution is 2.40. The van der Waals surface area contributed by atoms with E-state index < -0.39 is 0 Å². The second-order valence-corrected chi connectivity index (χ2v) is 6.76. The highest BCUT2D eigenvalue weighted by atomic mass is 16.5. The Kier molecular flexibility index (Phi) is 4.92. The Bertz CT molecular complexity index is 979. The molecule has 8 nitrogen and oxygen atoms in total. The summed E-state index contributed by atoms with van der Waals surface area (Å²) in [7, 11) is 0. The molecule has 0 aliphatic heterocycles. The summed E-state index contributed by atoms with van der Waals surface area (Å²) >= 11 is 0. The van der Waals surface area contributed by atoms with Gasteiger partial charge in [0.15, 0.2) is 5.69 Å². The summed E-state index contributed by atoms with van der Waals surface area (Å²) in [6, 6.07) is 11.0. The van der Waals surface area contributed by atoms with E-state index in [4.69, 9.17) is 4.52 Å². The second-order valence-electron chi connectivity index (χ2n) is 6.76. The van der Waals surface area contributed by atoms with E-state index in [1.165, 1.54) is 0 Å². The molecule has 0 spiro atoms. The van der Waals surface area contributed by atoms with Crippen LogP contribution in [0.1, 0.15) is 47.8 Å². The first-order chi connectivity index (χ1) is 13.6. The van der Waals surface area contributed by atoms with Gasteiger partial charge < -0.3 is 20.5 Å². The van der Waals surface area contributed by atoms with Crippen molar-refractivity contribution in [3.63, 3.8) is 0 Å². The highest BCUT2D eigenvalue weighted by Gasteiger charge is 2.28. The number of hydrogen-bond acceptors (Lipinski definition) is 7. The van der Waals surface area contributed by atoms with Crippen molar-refractivity contribution in [2.75, 3.05) is 22.5 Å². The molecule has 0 atom stereocenters. The molecular formula is C20H22N6O2. The number of benzene rings is 1. The fourth-order valence-corrected chi connectivity index (χ4v) is 2.84. The number of carbonyl (C=O) groups excluding carboxylic acids is 1. The lowest BCUT2D eigenvalue weighted by molar-refractivity contribution is 0.101. The number of hydrogen-bond donors (Lipinski definition) is 3. The number of aromatic nitrogens is 3. The van der Waals surface area contributed by atoms with Crippen molar-refractivity contribution in [1.82, 2.24) is 15.1 Å². The third-order valence-electron chi connectivity index (χ3n) is 4.35. The lowest BCUT2D eigenvalue weighted by atomic mass is 10.2. The van der Waals surface area contributed by atoms with Gasteiger partial charge in [0.1, 0.15) is 23.2 Å². The topological polar surface area (TPSA) is 105 Å². The van der Waals surface area contributed by atoms with Crippen molar-refractivity contribution in [2.24, 2.45) is 0 Å². The number of amides is 1. The first-order valence-electron chi connectivity index (χ1n) is 9.35. The van der Waals surface area contributed by atoms with Gasteiger partial charge in [0.05, 0.1) is 0 Å². The summed E-state index contributed by atoms with van der Waals surface area (Å²) in [4.78, 5) is 21.0. The monoisotopic (exact) mass is 378 g/mol. The third kappa shape index (κ3) is 4.28.